The van der Waals surface area contributed by atoms with Crippen molar-refractivity contribution in [2.75, 3.05) is 0 Å². The third-order valence-electron chi connectivity index (χ3n) is 2.31. The van der Waals surface area contributed by atoms with E-state index in [0.717, 1.165) is 23.4 Å². The molecule has 3 nitrogen and oxygen atoms in total. The summed E-state index contributed by atoms with van der Waals surface area (Å²) in [6.45, 7) is 3.90. The molecule has 0 aliphatic heterocycles. The number of hydrogen-bond acceptors (Lipinski definition) is 2. The Labute approximate surface area is 87.4 Å². The predicted molar refractivity (Wildman–Crippen MR) is 55.9 cm³/mol. The van der Waals surface area contributed by atoms with Gasteiger partial charge in [0.15, 0.2) is 5.82 Å². The molecule has 1 aromatic heterocycles. The third kappa shape index (κ3) is 1.88. The molecule has 1 N–H and O–H groups in total. The van der Waals surface area contributed by atoms with E-state index in [1.807, 2.05) is 13.8 Å². The van der Waals surface area contributed by atoms with Crippen LogP contribution in [0.3, 0.4) is 0 Å². The minimum atomic E-state index is -0.265. The highest BCUT2D eigenvalue weighted by atomic mass is 19.1. The molecule has 15 heavy (non-hydrogen) atoms. The second-order valence-electron chi connectivity index (χ2n) is 3.42. The highest BCUT2D eigenvalue weighted by molar-refractivity contribution is 5.59. The van der Waals surface area contributed by atoms with Gasteiger partial charge >= 0.3 is 0 Å². The molecule has 0 amide bonds. The van der Waals surface area contributed by atoms with Crippen LogP contribution in [0, 0.1) is 12.7 Å². The largest absolute Gasteiger partial charge is 0.263 e. The van der Waals surface area contributed by atoms with Gasteiger partial charge in [0.1, 0.15) is 11.6 Å². The molecule has 0 saturated heterocycles. The molecule has 2 rings (SSSR count). The van der Waals surface area contributed by atoms with E-state index in [2.05, 4.69) is 15.2 Å². The molecular weight excluding hydrogens is 193 g/mol. The van der Waals surface area contributed by atoms with Gasteiger partial charge in [0.05, 0.1) is 0 Å². The fourth-order valence-electron chi connectivity index (χ4n) is 1.41. The Balaban J connectivity index is 2.48. The number of benzene rings is 1. The first kappa shape index (κ1) is 9.83. The SMILES string of the molecule is CCc1nc(-c2cc(F)ccc2C)n[nH]1. The van der Waals surface area contributed by atoms with Crippen LogP contribution in [0.2, 0.25) is 0 Å². The molecule has 78 valence electrons. The summed E-state index contributed by atoms with van der Waals surface area (Å²) in [6, 6.07) is 4.62. The summed E-state index contributed by atoms with van der Waals surface area (Å²) in [5.41, 5.74) is 1.71. The summed E-state index contributed by atoms with van der Waals surface area (Å²) < 4.78 is 13.1. The van der Waals surface area contributed by atoms with Crippen LogP contribution in [0.4, 0.5) is 4.39 Å². The number of hydrogen-bond donors (Lipinski definition) is 1. The number of rotatable bonds is 2. The van der Waals surface area contributed by atoms with Crippen molar-refractivity contribution < 1.29 is 4.39 Å². The van der Waals surface area contributed by atoms with Crippen molar-refractivity contribution in [2.45, 2.75) is 20.3 Å². The van der Waals surface area contributed by atoms with E-state index in [9.17, 15) is 4.39 Å². The fraction of sp³-hybridized carbons (Fsp3) is 0.273. The van der Waals surface area contributed by atoms with Gasteiger partial charge in [0, 0.05) is 12.0 Å². The molecule has 0 aliphatic carbocycles. The number of nitrogens with zero attached hydrogens (tertiary/aromatic N) is 2. The summed E-state index contributed by atoms with van der Waals surface area (Å²) in [6.07, 6.45) is 0.793. The molecule has 0 spiro atoms. The number of nitrogens with one attached hydrogen (secondary N) is 1. The quantitative estimate of drug-likeness (QED) is 0.818. The monoisotopic (exact) mass is 205 g/mol. The van der Waals surface area contributed by atoms with Gasteiger partial charge in [0.2, 0.25) is 0 Å². The second-order valence-corrected chi connectivity index (χ2v) is 3.42. The lowest BCUT2D eigenvalue weighted by molar-refractivity contribution is 0.628. The maximum absolute atomic E-state index is 13.1. The zero-order valence-electron chi connectivity index (χ0n) is 8.71. The molecule has 1 heterocycles. The van der Waals surface area contributed by atoms with Crippen LogP contribution in [0.1, 0.15) is 18.3 Å². The number of aromatic amines is 1. The predicted octanol–water partition coefficient (Wildman–Crippen LogP) is 2.48. The number of aromatic nitrogens is 3. The molecular formula is C11H12FN3. The average Bonchev–Trinajstić information content (AvgIpc) is 2.70. The first-order chi connectivity index (χ1) is 7.20. The van der Waals surface area contributed by atoms with Crippen LogP contribution in [-0.2, 0) is 6.42 Å². The Morgan fingerprint density at radius 2 is 2.20 bits per heavy atom. The molecule has 2 aromatic rings. The summed E-state index contributed by atoms with van der Waals surface area (Å²) in [7, 11) is 0. The first-order valence-electron chi connectivity index (χ1n) is 4.88. The Morgan fingerprint density at radius 3 is 2.87 bits per heavy atom. The van der Waals surface area contributed by atoms with Gasteiger partial charge in [-0.3, -0.25) is 5.10 Å². The Hall–Kier alpha value is -1.71. The summed E-state index contributed by atoms with van der Waals surface area (Å²) >= 11 is 0. The number of halogens is 1. The average molecular weight is 205 g/mol. The van der Waals surface area contributed by atoms with E-state index in [1.165, 1.54) is 12.1 Å². The molecule has 0 fully saturated rings. The maximum atomic E-state index is 13.1. The van der Waals surface area contributed by atoms with E-state index in [-0.39, 0.29) is 5.82 Å². The van der Waals surface area contributed by atoms with Crippen LogP contribution in [0.15, 0.2) is 18.2 Å². The Morgan fingerprint density at radius 1 is 1.40 bits per heavy atom. The lowest BCUT2D eigenvalue weighted by Crippen LogP contribution is -1.87. The maximum Gasteiger partial charge on any atom is 0.181 e. The van der Waals surface area contributed by atoms with Crippen molar-refractivity contribution in [3.8, 4) is 11.4 Å². The molecule has 0 bridgehead atoms. The third-order valence-corrected chi connectivity index (χ3v) is 2.31. The van der Waals surface area contributed by atoms with Gasteiger partial charge in [-0.05, 0) is 24.6 Å². The fourth-order valence-corrected chi connectivity index (χ4v) is 1.41. The zero-order valence-corrected chi connectivity index (χ0v) is 8.71. The van der Waals surface area contributed by atoms with Crippen LogP contribution in [0.5, 0.6) is 0 Å². The van der Waals surface area contributed by atoms with Crippen molar-refractivity contribution in [3.63, 3.8) is 0 Å². The minimum absolute atomic E-state index is 0.265. The van der Waals surface area contributed by atoms with Crippen molar-refractivity contribution >= 4 is 0 Å². The van der Waals surface area contributed by atoms with Gasteiger partial charge < -0.3 is 0 Å². The molecule has 4 heteroatoms. The zero-order chi connectivity index (χ0) is 10.8. The van der Waals surface area contributed by atoms with Gasteiger partial charge in [-0.1, -0.05) is 13.0 Å². The highest BCUT2D eigenvalue weighted by Crippen LogP contribution is 2.20. The molecule has 0 unspecified atom stereocenters. The van der Waals surface area contributed by atoms with Crippen LogP contribution in [-0.4, -0.2) is 15.2 Å². The molecule has 0 saturated carbocycles. The van der Waals surface area contributed by atoms with Crippen molar-refractivity contribution in [3.05, 3.63) is 35.4 Å². The summed E-state index contributed by atoms with van der Waals surface area (Å²) in [5.74, 6) is 1.11. The highest BCUT2D eigenvalue weighted by Gasteiger charge is 2.08. The number of H-pyrrole nitrogens is 1. The van der Waals surface area contributed by atoms with Gasteiger partial charge in [-0.15, -0.1) is 0 Å². The van der Waals surface area contributed by atoms with E-state index in [0.29, 0.717) is 5.82 Å². The summed E-state index contributed by atoms with van der Waals surface area (Å²) in [5, 5.41) is 6.87. The van der Waals surface area contributed by atoms with E-state index < -0.39 is 0 Å². The first-order valence-corrected chi connectivity index (χ1v) is 4.88. The normalized spacial score (nSPS) is 10.6. The van der Waals surface area contributed by atoms with Crippen LogP contribution < -0.4 is 0 Å². The van der Waals surface area contributed by atoms with E-state index in [4.69, 9.17) is 0 Å². The second kappa shape index (κ2) is 3.81. The van der Waals surface area contributed by atoms with Gasteiger partial charge in [0.25, 0.3) is 0 Å². The van der Waals surface area contributed by atoms with E-state index >= 15 is 0 Å². The van der Waals surface area contributed by atoms with E-state index in [1.54, 1.807) is 6.07 Å². The lowest BCUT2D eigenvalue weighted by Gasteiger charge is -2.00. The molecule has 0 atom stereocenters. The van der Waals surface area contributed by atoms with Crippen molar-refractivity contribution in [2.24, 2.45) is 0 Å². The molecule has 0 aliphatic rings. The molecule has 1 aromatic carbocycles. The van der Waals surface area contributed by atoms with Crippen LogP contribution >= 0.6 is 0 Å². The Bertz CT molecular complexity index is 476. The number of aryl methyl sites for hydroxylation is 2. The van der Waals surface area contributed by atoms with Crippen LogP contribution in [0.25, 0.3) is 11.4 Å². The smallest absolute Gasteiger partial charge is 0.181 e. The Kier molecular flexibility index (Phi) is 2.49. The summed E-state index contributed by atoms with van der Waals surface area (Å²) in [4.78, 5) is 4.27. The van der Waals surface area contributed by atoms with Crippen molar-refractivity contribution in [1.82, 2.24) is 15.2 Å². The molecule has 0 radical (unpaired) electrons. The van der Waals surface area contributed by atoms with Gasteiger partial charge in [-0.2, -0.15) is 5.10 Å². The lowest BCUT2D eigenvalue weighted by atomic mass is 10.1. The van der Waals surface area contributed by atoms with Gasteiger partial charge in [-0.25, -0.2) is 9.37 Å². The minimum Gasteiger partial charge on any atom is -0.263 e. The van der Waals surface area contributed by atoms with Crippen molar-refractivity contribution in [1.29, 1.82) is 0 Å². The standard InChI is InChI=1S/C11H12FN3/c1-3-10-13-11(15-14-10)9-6-8(12)5-4-7(9)2/h4-6H,3H2,1-2H3,(H,13,14,15). The topological polar surface area (TPSA) is 41.6 Å².